The molecule has 1 aromatic heterocycles. The van der Waals surface area contributed by atoms with Crippen molar-refractivity contribution >= 4 is 5.91 Å². The van der Waals surface area contributed by atoms with Crippen LogP contribution in [-0.2, 0) is 11.3 Å². The molecule has 0 spiro atoms. The van der Waals surface area contributed by atoms with E-state index >= 15 is 0 Å². The topological polar surface area (TPSA) is 59.5 Å². The number of furan rings is 1. The molecule has 1 heterocycles. The molecule has 1 aliphatic rings. The standard InChI is InChI=1S/C13H20N2O2/c1-15(9-11-5-3-7-17-11)13(16)8-10-4-2-6-12(10)14/h3,5,7,10,12H,2,4,6,8-9,14H2,1H3/t10-,12+/m0/s1. The largest absolute Gasteiger partial charge is 0.467 e. The van der Waals surface area contributed by atoms with E-state index in [9.17, 15) is 4.79 Å². The Kier molecular flexibility index (Phi) is 3.84. The average molecular weight is 236 g/mol. The summed E-state index contributed by atoms with van der Waals surface area (Å²) in [7, 11) is 1.81. The summed E-state index contributed by atoms with van der Waals surface area (Å²) in [6, 6.07) is 3.92. The Morgan fingerprint density at radius 3 is 3.00 bits per heavy atom. The third-order valence-electron chi connectivity index (χ3n) is 3.55. The lowest BCUT2D eigenvalue weighted by atomic mass is 9.99. The summed E-state index contributed by atoms with van der Waals surface area (Å²) in [6.45, 7) is 0.536. The van der Waals surface area contributed by atoms with Gasteiger partial charge in [0.15, 0.2) is 0 Å². The fourth-order valence-electron chi connectivity index (χ4n) is 2.42. The van der Waals surface area contributed by atoms with Gasteiger partial charge in [0.2, 0.25) is 5.91 Å². The van der Waals surface area contributed by atoms with Gasteiger partial charge < -0.3 is 15.1 Å². The van der Waals surface area contributed by atoms with Gasteiger partial charge in [-0.15, -0.1) is 0 Å². The molecule has 1 saturated carbocycles. The second kappa shape index (κ2) is 5.36. The molecule has 2 rings (SSSR count). The minimum Gasteiger partial charge on any atom is -0.467 e. The number of hydrogen-bond acceptors (Lipinski definition) is 3. The van der Waals surface area contributed by atoms with Crippen LogP contribution in [0.1, 0.15) is 31.4 Å². The van der Waals surface area contributed by atoms with Crippen molar-refractivity contribution in [3.63, 3.8) is 0 Å². The lowest BCUT2D eigenvalue weighted by Crippen LogP contribution is -2.32. The monoisotopic (exact) mass is 236 g/mol. The minimum absolute atomic E-state index is 0.156. The molecule has 94 valence electrons. The second-order valence-electron chi connectivity index (χ2n) is 4.89. The molecule has 2 N–H and O–H groups in total. The molecule has 17 heavy (non-hydrogen) atoms. The number of nitrogens with zero attached hydrogens (tertiary/aromatic N) is 1. The van der Waals surface area contributed by atoms with Crippen LogP contribution in [0.3, 0.4) is 0 Å². The molecular weight excluding hydrogens is 216 g/mol. The highest BCUT2D eigenvalue weighted by molar-refractivity contribution is 5.76. The van der Waals surface area contributed by atoms with Gasteiger partial charge in [-0.3, -0.25) is 4.79 Å². The van der Waals surface area contributed by atoms with Gasteiger partial charge in [0.05, 0.1) is 12.8 Å². The number of hydrogen-bond donors (Lipinski definition) is 1. The predicted octanol–water partition coefficient (Wildman–Crippen LogP) is 1.76. The summed E-state index contributed by atoms with van der Waals surface area (Å²) in [5.74, 6) is 1.34. The molecule has 1 aromatic rings. The molecule has 4 heteroatoms. The van der Waals surface area contributed by atoms with Gasteiger partial charge in [0, 0.05) is 19.5 Å². The van der Waals surface area contributed by atoms with E-state index in [0.29, 0.717) is 18.9 Å². The van der Waals surface area contributed by atoms with Crippen molar-refractivity contribution in [2.75, 3.05) is 7.05 Å². The molecule has 2 atom stereocenters. The van der Waals surface area contributed by atoms with E-state index in [2.05, 4.69) is 0 Å². The average Bonchev–Trinajstić information content (AvgIpc) is 2.91. The summed E-state index contributed by atoms with van der Waals surface area (Å²) in [5, 5.41) is 0. The van der Waals surface area contributed by atoms with Crippen LogP contribution in [0.4, 0.5) is 0 Å². The molecule has 0 bridgehead atoms. The predicted molar refractivity (Wildman–Crippen MR) is 65.1 cm³/mol. The van der Waals surface area contributed by atoms with Crippen molar-refractivity contribution in [3.05, 3.63) is 24.2 Å². The maximum atomic E-state index is 12.0. The summed E-state index contributed by atoms with van der Waals surface area (Å²) in [4.78, 5) is 13.7. The zero-order valence-corrected chi connectivity index (χ0v) is 10.3. The van der Waals surface area contributed by atoms with Crippen LogP contribution >= 0.6 is 0 Å². The molecule has 1 fully saturated rings. The Bertz CT molecular complexity index is 362. The van der Waals surface area contributed by atoms with Gasteiger partial charge in [-0.25, -0.2) is 0 Å². The first-order valence-corrected chi connectivity index (χ1v) is 6.18. The van der Waals surface area contributed by atoms with E-state index in [1.54, 1.807) is 11.2 Å². The highest BCUT2D eigenvalue weighted by Crippen LogP contribution is 2.27. The van der Waals surface area contributed by atoms with E-state index in [0.717, 1.165) is 25.0 Å². The third-order valence-corrected chi connectivity index (χ3v) is 3.55. The van der Waals surface area contributed by atoms with Crippen LogP contribution in [-0.4, -0.2) is 23.9 Å². The van der Waals surface area contributed by atoms with Crippen LogP contribution in [0.15, 0.2) is 22.8 Å². The van der Waals surface area contributed by atoms with Crippen molar-refractivity contribution in [2.24, 2.45) is 11.7 Å². The van der Waals surface area contributed by atoms with E-state index in [1.165, 1.54) is 0 Å². The zero-order valence-electron chi connectivity index (χ0n) is 10.3. The van der Waals surface area contributed by atoms with Crippen molar-refractivity contribution in [1.82, 2.24) is 4.90 Å². The Hall–Kier alpha value is -1.29. The first-order chi connectivity index (χ1) is 8.16. The lowest BCUT2D eigenvalue weighted by Gasteiger charge is -2.20. The second-order valence-corrected chi connectivity index (χ2v) is 4.89. The fourth-order valence-corrected chi connectivity index (χ4v) is 2.42. The summed E-state index contributed by atoms with van der Waals surface area (Å²) < 4.78 is 5.23. The SMILES string of the molecule is CN(Cc1ccco1)C(=O)C[C@@H]1CCC[C@H]1N. The van der Waals surface area contributed by atoms with Crippen molar-refractivity contribution < 1.29 is 9.21 Å². The van der Waals surface area contributed by atoms with Crippen molar-refractivity contribution in [2.45, 2.75) is 38.3 Å². The Morgan fingerprint density at radius 2 is 2.41 bits per heavy atom. The summed E-state index contributed by atoms with van der Waals surface area (Å²) in [5.41, 5.74) is 5.97. The lowest BCUT2D eigenvalue weighted by molar-refractivity contribution is -0.131. The minimum atomic E-state index is 0.156. The molecule has 1 amide bonds. The normalized spacial score (nSPS) is 23.9. The van der Waals surface area contributed by atoms with Gasteiger partial charge in [-0.05, 0) is 30.9 Å². The molecule has 1 aliphatic carbocycles. The van der Waals surface area contributed by atoms with Crippen molar-refractivity contribution in [3.8, 4) is 0 Å². The first kappa shape index (κ1) is 12.2. The van der Waals surface area contributed by atoms with Gasteiger partial charge in [-0.2, -0.15) is 0 Å². The van der Waals surface area contributed by atoms with Crippen LogP contribution in [0, 0.1) is 5.92 Å². The number of carbonyl (C=O) groups excluding carboxylic acids is 1. The Balaban J connectivity index is 1.83. The summed E-state index contributed by atoms with van der Waals surface area (Å²) in [6.07, 6.45) is 5.49. The van der Waals surface area contributed by atoms with Gasteiger partial charge in [0.25, 0.3) is 0 Å². The Labute approximate surface area is 102 Å². The zero-order chi connectivity index (χ0) is 12.3. The van der Waals surface area contributed by atoms with E-state index in [4.69, 9.17) is 10.2 Å². The number of carbonyl (C=O) groups is 1. The molecular formula is C13H20N2O2. The van der Waals surface area contributed by atoms with Crippen LogP contribution in [0.5, 0.6) is 0 Å². The molecule has 0 aliphatic heterocycles. The number of amides is 1. The molecule has 0 saturated heterocycles. The Morgan fingerprint density at radius 1 is 1.59 bits per heavy atom. The molecule has 4 nitrogen and oxygen atoms in total. The van der Waals surface area contributed by atoms with E-state index in [1.807, 2.05) is 19.2 Å². The van der Waals surface area contributed by atoms with Crippen LogP contribution < -0.4 is 5.73 Å². The molecule has 0 aromatic carbocycles. The fraction of sp³-hybridized carbons (Fsp3) is 0.615. The highest BCUT2D eigenvalue weighted by Gasteiger charge is 2.27. The van der Waals surface area contributed by atoms with Crippen molar-refractivity contribution in [1.29, 1.82) is 0 Å². The maximum Gasteiger partial charge on any atom is 0.223 e. The molecule has 0 unspecified atom stereocenters. The first-order valence-electron chi connectivity index (χ1n) is 6.18. The maximum absolute atomic E-state index is 12.0. The number of nitrogens with two attached hydrogens (primary N) is 1. The van der Waals surface area contributed by atoms with E-state index < -0.39 is 0 Å². The smallest absolute Gasteiger partial charge is 0.223 e. The van der Waals surface area contributed by atoms with Gasteiger partial charge in [-0.1, -0.05) is 6.42 Å². The third kappa shape index (κ3) is 3.09. The van der Waals surface area contributed by atoms with Crippen LogP contribution in [0.2, 0.25) is 0 Å². The summed E-state index contributed by atoms with van der Waals surface area (Å²) >= 11 is 0. The highest BCUT2D eigenvalue weighted by atomic mass is 16.3. The number of rotatable bonds is 4. The van der Waals surface area contributed by atoms with Crippen LogP contribution in [0.25, 0.3) is 0 Å². The molecule has 0 radical (unpaired) electrons. The van der Waals surface area contributed by atoms with E-state index in [-0.39, 0.29) is 11.9 Å². The quantitative estimate of drug-likeness (QED) is 0.866. The van der Waals surface area contributed by atoms with Gasteiger partial charge >= 0.3 is 0 Å². The van der Waals surface area contributed by atoms with Gasteiger partial charge in [0.1, 0.15) is 5.76 Å².